The van der Waals surface area contributed by atoms with E-state index in [4.69, 9.17) is 25.7 Å². The zero-order valence-electron chi connectivity index (χ0n) is 26.3. The van der Waals surface area contributed by atoms with E-state index in [-0.39, 0.29) is 37.0 Å². The number of carbonyl (C=O) groups is 2. The number of halogens is 1. The fraction of sp³-hybridized carbons (Fsp3) is 0.188. The van der Waals surface area contributed by atoms with Crippen LogP contribution in [0, 0.1) is 26.0 Å². The molecule has 4 aromatic rings. The number of hydrogen-bond donors (Lipinski definition) is 3. The SMILES string of the molecule is CCOC(=O)COc1cc(F)ccc1[N+](=O)[O-].CCOC(=O)COc1cc(Sc2ccc(N)cc2)ccc1[N+](=O)[O-].Nc1ccc(S)cc1. The molecule has 0 unspecified atom stereocenters. The van der Waals surface area contributed by atoms with Crippen molar-refractivity contribution in [1.29, 1.82) is 0 Å². The Morgan fingerprint density at radius 2 is 1.14 bits per heavy atom. The number of anilines is 2. The van der Waals surface area contributed by atoms with E-state index in [1.165, 1.54) is 23.9 Å². The minimum atomic E-state index is -0.722. The van der Waals surface area contributed by atoms with Crippen molar-refractivity contribution in [1.82, 2.24) is 0 Å². The van der Waals surface area contributed by atoms with E-state index in [0.717, 1.165) is 38.6 Å². The van der Waals surface area contributed by atoms with Gasteiger partial charge in [-0.2, -0.15) is 0 Å². The molecule has 4 N–H and O–H groups in total. The van der Waals surface area contributed by atoms with E-state index in [2.05, 4.69) is 17.4 Å². The number of thiol groups is 1. The van der Waals surface area contributed by atoms with Crippen LogP contribution in [-0.4, -0.2) is 48.2 Å². The maximum Gasteiger partial charge on any atom is 0.344 e. The van der Waals surface area contributed by atoms with E-state index < -0.39 is 39.9 Å². The molecule has 4 aromatic carbocycles. The predicted molar refractivity (Wildman–Crippen MR) is 183 cm³/mol. The lowest BCUT2D eigenvalue weighted by Gasteiger charge is -2.08. The first-order valence-corrected chi connectivity index (χ1v) is 15.5. The number of hydrogen-bond acceptors (Lipinski definition) is 14. The van der Waals surface area contributed by atoms with E-state index in [1.54, 1.807) is 32.0 Å². The van der Waals surface area contributed by atoms with Crippen molar-refractivity contribution in [3.63, 3.8) is 0 Å². The van der Waals surface area contributed by atoms with E-state index >= 15 is 0 Å². The van der Waals surface area contributed by atoms with Gasteiger partial charge in [-0.15, -0.1) is 12.6 Å². The molecule has 0 radical (unpaired) electrons. The number of nitro groups is 2. The van der Waals surface area contributed by atoms with Gasteiger partial charge in [0.15, 0.2) is 19.0 Å². The van der Waals surface area contributed by atoms with Gasteiger partial charge in [0, 0.05) is 50.3 Å². The van der Waals surface area contributed by atoms with Gasteiger partial charge < -0.3 is 30.4 Å². The van der Waals surface area contributed by atoms with Gasteiger partial charge in [0.1, 0.15) is 5.82 Å². The van der Waals surface area contributed by atoms with Crippen LogP contribution >= 0.6 is 24.4 Å². The van der Waals surface area contributed by atoms with Crippen molar-refractivity contribution < 1.29 is 42.8 Å². The third-order valence-electron chi connectivity index (χ3n) is 5.56. The number of nitrogen functional groups attached to an aromatic ring is 2. The topological polar surface area (TPSA) is 209 Å². The first kappa shape index (κ1) is 39.6. The first-order chi connectivity index (χ1) is 23.3. The molecular formula is C32H33FN4O10S2. The van der Waals surface area contributed by atoms with Gasteiger partial charge in [0.25, 0.3) is 0 Å². The van der Waals surface area contributed by atoms with Crippen LogP contribution in [0.25, 0.3) is 0 Å². The van der Waals surface area contributed by atoms with Gasteiger partial charge in [0.2, 0.25) is 5.75 Å². The van der Waals surface area contributed by atoms with Crippen LogP contribution in [0.3, 0.4) is 0 Å². The summed E-state index contributed by atoms with van der Waals surface area (Å²) in [7, 11) is 0. The monoisotopic (exact) mass is 716 g/mol. The van der Waals surface area contributed by atoms with Crippen LogP contribution in [0.1, 0.15) is 13.8 Å². The standard InChI is InChI=1S/C16H16N2O5S.C10H10FNO5.C6H7NS/c1-2-22-16(19)10-23-15-9-13(7-8-14(15)18(20)21)24-12-5-3-11(17)4-6-12;1-2-16-10(13)6-17-9-5-7(11)3-4-8(9)12(14)15;7-5-1-3-6(8)4-2-5/h3-9H,2,10,17H2,1H3;3-5H,2,6H2,1H3;1-4,8H,7H2. The number of ether oxygens (including phenoxy) is 4. The van der Waals surface area contributed by atoms with Crippen LogP contribution < -0.4 is 20.9 Å². The molecule has 0 aliphatic carbocycles. The molecule has 0 spiro atoms. The summed E-state index contributed by atoms with van der Waals surface area (Å²) in [5, 5.41) is 21.7. The summed E-state index contributed by atoms with van der Waals surface area (Å²) in [6.07, 6.45) is 0. The van der Waals surface area contributed by atoms with Gasteiger partial charge in [0.05, 0.1) is 23.1 Å². The molecule has 0 saturated carbocycles. The quantitative estimate of drug-likeness (QED) is 0.0470. The Morgan fingerprint density at radius 1 is 0.714 bits per heavy atom. The lowest BCUT2D eigenvalue weighted by Crippen LogP contribution is -2.15. The minimum absolute atomic E-state index is 0.0218. The normalized spacial score (nSPS) is 9.88. The maximum absolute atomic E-state index is 12.9. The molecule has 49 heavy (non-hydrogen) atoms. The Balaban J connectivity index is 0.000000288. The maximum atomic E-state index is 12.9. The van der Waals surface area contributed by atoms with Crippen molar-refractivity contribution in [3.8, 4) is 11.5 Å². The summed E-state index contributed by atoms with van der Waals surface area (Å²) in [6.45, 7) is 2.79. The molecule has 0 atom stereocenters. The Morgan fingerprint density at radius 3 is 1.59 bits per heavy atom. The highest BCUT2D eigenvalue weighted by molar-refractivity contribution is 7.99. The second kappa shape index (κ2) is 20.6. The van der Waals surface area contributed by atoms with Crippen molar-refractivity contribution in [2.24, 2.45) is 0 Å². The zero-order valence-corrected chi connectivity index (χ0v) is 28.0. The minimum Gasteiger partial charge on any atom is -0.475 e. The first-order valence-electron chi connectivity index (χ1n) is 14.2. The van der Waals surface area contributed by atoms with Crippen LogP contribution in [0.4, 0.5) is 27.1 Å². The van der Waals surface area contributed by atoms with E-state index in [9.17, 15) is 34.2 Å². The van der Waals surface area contributed by atoms with Crippen LogP contribution in [-0.2, 0) is 19.1 Å². The summed E-state index contributed by atoms with van der Waals surface area (Å²) in [4.78, 5) is 45.4. The van der Waals surface area contributed by atoms with E-state index in [0.29, 0.717) is 5.69 Å². The second-order valence-corrected chi connectivity index (χ2v) is 10.9. The number of nitrogens with zero attached hydrogens (tertiary/aromatic N) is 2. The fourth-order valence-corrected chi connectivity index (χ4v) is 4.40. The Kier molecular flexibility index (Phi) is 16.7. The number of esters is 2. The molecule has 14 nitrogen and oxygen atoms in total. The summed E-state index contributed by atoms with van der Waals surface area (Å²) >= 11 is 5.48. The summed E-state index contributed by atoms with van der Waals surface area (Å²) < 4.78 is 32.3. The molecule has 0 amide bonds. The van der Waals surface area contributed by atoms with Crippen molar-refractivity contribution in [2.45, 2.75) is 28.5 Å². The molecule has 0 heterocycles. The summed E-state index contributed by atoms with van der Waals surface area (Å²) in [5.41, 5.74) is 11.9. The molecule has 0 bridgehead atoms. The Hall–Kier alpha value is -5.55. The largest absolute Gasteiger partial charge is 0.475 e. The highest BCUT2D eigenvalue weighted by Gasteiger charge is 2.18. The van der Waals surface area contributed by atoms with Crippen molar-refractivity contribution in [3.05, 3.63) is 111 Å². The van der Waals surface area contributed by atoms with Gasteiger partial charge in [-0.1, -0.05) is 11.8 Å². The molecule has 0 saturated heterocycles. The number of carbonyl (C=O) groups excluding carboxylic acids is 2. The zero-order chi connectivity index (χ0) is 36.3. The third kappa shape index (κ3) is 14.8. The number of nitrogens with two attached hydrogens (primary N) is 2. The number of rotatable bonds is 12. The predicted octanol–water partition coefficient (Wildman–Crippen LogP) is 6.50. The molecule has 17 heteroatoms. The van der Waals surface area contributed by atoms with Gasteiger partial charge in [-0.3, -0.25) is 20.2 Å². The van der Waals surface area contributed by atoms with Crippen LogP contribution in [0.5, 0.6) is 11.5 Å². The number of nitro benzene ring substituents is 2. The average molecular weight is 717 g/mol. The highest BCUT2D eigenvalue weighted by atomic mass is 32.2. The molecule has 0 fully saturated rings. The molecule has 260 valence electrons. The highest BCUT2D eigenvalue weighted by Crippen LogP contribution is 2.35. The number of benzene rings is 4. The van der Waals surface area contributed by atoms with Gasteiger partial charge >= 0.3 is 23.3 Å². The Labute approximate surface area is 290 Å². The Bertz CT molecular complexity index is 1690. The molecule has 0 aromatic heterocycles. The van der Waals surface area contributed by atoms with Crippen molar-refractivity contribution >= 4 is 59.1 Å². The molecular weight excluding hydrogens is 684 g/mol. The average Bonchev–Trinajstić information content (AvgIpc) is 3.06. The summed E-state index contributed by atoms with van der Waals surface area (Å²) in [5.74, 6) is -2.22. The molecule has 4 rings (SSSR count). The van der Waals surface area contributed by atoms with Gasteiger partial charge in [-0.25, -0.2) is 14.0 Å². The van der Waals surface area contributed by atoms with Crippen LogP contribution in [0.2, 0.25) is 0 Å². The lowest BCUT2D eigenvalue weighted by molar-refractivity contribution is -0.386. The third-order valence-corrected chi connectivity index (χ3v) is 6.85. The second-order valence-electron chi connectivity index (χ2n) is 9.21. The smallest absolute Gasteiger partial charge is 0.344 e. The van der Waals surface area contributed by atoms with Crippen LogP contribution in [0.15, 0.2) is 99.6 Å². The van der Waals surface area contributed by atoms with E-state index in [1.807, 2.05) is 36.4 Å². The van der Waals surface area contributed by atoms with Crippen molar-refractivity contribution in [2.75, 3.05) is 37.9 Å². The fourth-order valence-electron chi connectivity index (χ4n) is 3.40. The van der Waals surface area contributed by atoms with Gasteiger partial charge in [-0.05, 0) is 74.5 Å². The molecule has 0 aliphatic heterocycles. The molecule has 0 aliphatic rings. The lowest BCUT2D eigenvalue weighted by atomic mass is 10.3. The summed E-state index contributed by atoms with van der Waals surface area (Å²) in [6, 6.07) is 21.8.